The van der Waals surface area contributed by atoms with Gasteiger partial charge in [0.25, 0.3) is 0 Å². The van der Waals surface area contributed by atoms with Crippen molar-refractivity contribution < 1.29 is 4.79 Å². The van der Waals surface area contributed by atoms with Crippen LogP contribution in [0, 0.1) is 5.92 Å². The molecule has 2 atom stereocenters. The zero-order chi connectivity index (χ0) is 18.8. The zero-order valence-electron chi connectivity index (χ0n) is 14.9. The fraction of sp³-hybridized carbons (Fsp3) is 0.278. The summed E-state index contributed by atoms with van der Waals surface area (Å²) in [5.41, 5.74) is 1.53. The van der Waals surface area contributed by atoms with Crippen molar-refractivity contribution in [1.82, 2.24) is 20.2 Å². The summed E-state index contributed by atoms with van der Waals surface area (Å²) < 4.78 is 0. The van der Waals surface area contributed by atoms with Crippen LogP contribution >= 0.6 is 11.3 Å². The fourth-order valence-electron chi connectivity index (χ4n) is 2.83. The number of aromatic nitrogens is 4. The van der Waals surface area contributed by atoms with Gasteiger partial charge in [-0.3, -0.25) is 4.79 Å². The van der Waals surface area contributed by atoms with Crippen molar-refractivity contribution in [2.75, 3.05) is 16.0 Å². The smallest absolute Gasteiger partial charge is 0.247 e. The minimum absolute atomic E-state index is 0.0862. The summed E-state index contributed by atoms with van der Waals surface area (Å²) in [6.45, 7) is 4.09. The van der Waals surface area contributed by atoms with E-state index in [9.17, 15) is 4.79 Å². The molecule has 3 heterocycles. The Morgan fingerprint density at radius 1 is 1.22 bits per heavy atom. The van der Waals surface area contributed by atoms with Crippen LogP contribution in [0.2, 0.25) is 0 Å². The monoisotopic (exact) mass is 381 g/mol. The Hall–Kier alpha value is -3.07. The van der Waals surface area contributed by atoms with Gasteiger partial charge in [-0.15, -0.1) is 10.2 Å². The minimum atomic E-state index is -0.309. The lowest BCUT2D eigenvalue weighted by atomic mass is 9.97. The molecule has 27 heavy (non-hydrogen) atoms. The van der Waals surface area contributed by atoms with Crippen LogP contribution in [0.15, 0.2) is 36.7 Å². The van der Waals surface area contributed by atoms with E-state index in [-0.39, 0.29) is 17.9 Å². The molecule has 1 aliphatic rings. The second-order valence-corrected chi connectivity index (χ2v) is 7.32. The van der Waals surface area contributed by atoms with E-state index in [0.717, 1.165) is 17.0 Å². The molecule has 0 saturated carbocycles. The number of rotatable bonds is 5. The first kappa shape index (κ1) is 17.3. The molecule has 4 rings (SSSR count). The van der Waals surface area contributed by atoms with Crippen LogP contribution in [-0.2, 0) is 4.79 Å². The van der Waals surface area contributed by atoms with E-state index >= 15 is 0 Å². The molecule has 0 saturated heterocycles. The lowest BCUT2D eigenvalue weighted by molar-refractivity contribution is -0.118. The summed E-state index contributed by atoms with van der Waals surface area (Å²) in [7, 11) is 0. The standard InChI is InChI=1S/C18H19N7OS/c1-3-10(2)12-16(26)22-13-14(21-12)19-9-20-15(13)23-18-25-24-17(27-18)11-7-5-4-6-8-11/h4-10,12H,3H2,1-2H3,(H,22,26)(H2,19,20,21,23,25). The quantitative estimate of drug-likeness (QED) is 0.621. The second kappa shape index (κ2) is 7.28. The summed E-state index contributed by atoms with van der Waals surface area (Å²) >= 11 is 1.41. The number of anilines is 4. The molecule has 3 N–H and O–H groups in total. The Morgan fingerprint density at radius 2 is 2.04 bits per heavy atom. The van der Waals surface area contributed by atoms with Crippen LogP contribution in [0.3, 0.4) is 0 Å². The van der Waals surface area contributed by atoms with Gasteiger partial charge in [0.15, 0.2) is 11.6 Å². The minimum Gasteiger partial charge on any atom is -0.356 e. The number of nitrogens with one attached hydrogen (secondary N) is 3. The van der Waals surface area contributed by atoms with Crippen molar-refractivity contribution >= 4 is 39.7 Å². The van der Waals surface area contributed by atoms with Crippen molar-refractivity contribution in [3.63, 3.8) is 0 Å². The molecule has 9 heteroatoms. The molecule has 2 aromatic heterocycles. The van der Waals surface area contributed by atoms with Crippen LogP contribution in [0.1, 0.15) is 20.3 Å². The first-order valence-electron chi connectivity index (χ1n) is 8.74. The first-order chi connectivity index (χ1) is 13.2. The fourth-order valence-corrected chi connectivity index (χ4v) is 3.58. The van der Waals surface area contributed by atoms with Crippen LogP contribution < -0.4 is 16.0 Å². The number of fused-ring (bicyclic) bond motifs is 1. The maximum atomic E-state index is 12.5. The van der Waals surface area contributed by atoms with Crippen LogP contribution in [0.25, 0.3) is 10.6 Å². The number of carbonyl (C=O) groups is 1. The lowest BCUT2D eigenvalue weighted by Crippen LogP contribution is -2.43. The molecule has 0 fully saturated rings. The average molecular weight is 381 g/mol. The van der Waals surface area contributed by atoms with Gasteiger partial charge in [0, 0.05) is 5.56 Å². The lowest BCUT2D eigenvalue weighted by Gasteiger charge is -2.30. The van der Waals surface area contributed by atoms with E-state index in [1.165, 1.54) is 17.7 Å². The van der Waals surface area contributed by atoms with Crippen LogP contribution in [0.4, 0.5) is 22.5 Å². The molecule has 0 radical (unpaired) electrons. The van der Waals surface area contributed by atoms with Gasteiger partial charge in [0.05, 0.1) is 0 Å². The third kappa shape index (κ3) is 3.45. The summed E-state index contributed by atoms with van der Waals surface area (Å²) in [4.78, 5) is 21.0. The highest BCUT2D eigenvalue weighted by Crippen LogP contribution is 2.35. The SMILES string of the molecule is CCC(C)C1Nc2ncnc(Nc3nnc(-c4ccccc4)s3)c2NC1=O. The molecule has 1 aliphatic heterocycles. The van der Waals surface area contributed by atoms with Gasteiger partial charge in [-0.1, -0.05) is 61.9 Å². The Balaban J connectivity index is 1.58. The summed E-state index contributed by atoms with van der Waals surface area (Å²) in [6.07, 6.45) is 2.35. The number of hydrogen-bond acceptors (Lipinski definition) is 8. The Labute approximate surface area is 160 Å². The summed E-state index contributed by atoms with van der Waals surface area (Å²) in [6, 6.07) is 9.53. The van der Waals surface area contributed by atoms with Gasteiger partial charge in [-0.25, -0.2) is 9.97 Å². The maximum Gasteiger partial charge on any atom is 0.247 e. The summed E-state index contributed by atoms with van der Waals surface area (Å²) in [5, 5.41) is 19.1. The van der Waals surface area contributed by atoms with Gasteiger partial charge < -0.3 is 16.0 Å². The molecule has 1 aromatic carbocycles. The van der Waals surface area contributed by atoms with E-state index in [4.69, 9.17) is 0 Å². The largest absolute Gasteiger partial charge is 0.356 e. The number of benzene rings is 1. The second-order valence-electron chi connectivity index (χ2n) is 6.35. The number of nitrogens with zero attached hydrogens (tertiary/aromatic N) is 4. The van der Waals surface area contributed by atoms with Crippen LogP contribution in [0.5, 0.6) is 0 Å². The predicted octanol–water partition coefficient (Wildman–Crippen LogP) is 3.52. The van der Waals surface area contributed by atoms with Crippen molar-refractivity contribution in [1.29, 1.82) is 0 Å². The Kier molecular flexibility index (Phi) is 4.68. The molecule has 138 valence electrons. The third-order valence-corrected chi connectivity index (χ3v) is 5.44. The van der Waals surface area contributed by atoms with Gasteiger partial charge in [-0.05, 0) is 5.92 Å². The van der Waals surface area contributed by atoms with E-state index < -0.39 is 0 Å². The van der Waals surface area contributed by atoms with E-state index in [2.05, 4.69) is 43.0 Å². The van der Waals surface area contributed by atoms with Crippen molar-refractivity contribution in [3.05, 3.63) is 36.7 Å². The molecule has 8 nitrogen and oxygen atoms in total. The Morgan fingerprint density at radius 3 is 2.81 bits per heavy atom. The van der Waals surface area contributed by atoms with Gasteiger partial charge in [0.2, 0.25) is 11.0 Å². The Bertz CT molecular complexity index is 959. The van der Waals surface area contributed by atoms with Crippen molar-refractivity contribution in [2.24, 2.45) is 5.92 Å². The molecular weight excluding hydrogens is 362 g/mol. The predicted molar refractivity (Wildman–Crippen MR) is 106 cm³/mol. The van der Waals surface area contributed by atoms with Gasteiger partial charge in [-0.2, -0.15) is 0 Å². The average Bonchev–Trinajstić information content (AvgIpc) is 3.17. The maximum absolute atomic E-state index is 12.5. The van der Waals surface area contributed by atoms with Crippen LogP contribution in [-0.4, -0.2) is 32.1 Å². The molecule has 0 aliphatic carbocycles. The first-order valence-corrected chi connectivity index (χ1v) is 9.55. The van der Waals surface area contributed by atoms with Gasteiger partial charge >= 0.3 is 0 Å². The third-order valence-electron chi connectivity index (χ3n) is 4.55. The molecule has 2 unspecified atom stereocenters. The summed E-state index contributed by atoms with van der Waals surface area (Å²) in [5.74, 6) is 1.20. The van der Waals surface area contributed by atoms with Crippen molar-refractivity contribution in [2.45, 2.75) is 26.3 Å². The van der Waals surface area contributed by atoms with E-state index in [1.54, 1.807) is 0 Å². The number of hydrogen-bond donors (Lipinski definition) is 3. The van der Waals surface area contributed by atoms with E-state index in [1.807, 2.05) is 37.3 Å². The molecule has 0 bridgehead atoms. The normalized spacial score (nSPS) is 16.8. The molecule has 1 amide bonds. The number of amides is 1. The van der Waals surface area contributed by atoms with Crippen molar-refractivity contribution in [3.8, 4) is 10.6 Å². The van der Waals surface area contributed by atoms with E-state index in [0.29, 0.717) is 22.5 Å². The highest BCUT2D eigenvalue weighted by molar-refractivity contribution is 7.18. The molecule has 3 aromatic rings. The highest BCUT2D eigenvalue weighted by atomic mass is 32.1. The number of carbonyl (C=O) groups excluding carboxylic acids is 1. The topological polar surface area (TPSA) is 105 Å². The van der Waals surface area contributed by atoms with Gasteiger partial charge in [0.1, 0.15) is 23.1 Å². The zero-order valence-corrected chi connectivity index (χ0v) is 15.7. The highest BCUT2D eigenvalue weighted by Gasteiger charge is 2.31. The molecule has 0 spiro atoms. The molecular formula is C18H19N7OS.